The highest BCUT2D eigenvalue weighted by Crippen LogP contribution is 2.24. The van der Waals surface area contributed by atoms with Gasteiger partial charge in [0.05, 0.1) is 22.9 Å². The van der Waals surface area contributed by atoms with Crippen LogP contribution in [0, 0.1) is 0 Å². The lowest BCUT2D eigenvalue weighted by molar-refractivity contribution is 0.617. The maximum Gasteiger partial charge on any atom is 0.134 e. The Balaban J connectivity index is 0.000000637. The topological polar surface area (TPSA) is 69.6 Å². The molecule has 100 valence electrons. The van der Waals surface area contributed by atoms with E-state index in [1.807, 2.05) is 32.3 Å². The van der Waals surface area contributed by atoms with Gasteiger partial charge >= 0.3 is 0 Å². The van der Waals surface area contributed by atoms with Gasteiger partial charge in [-0.05, 0) is 26.0 Å². The second-order valence-electron chi connectivity index (χ2n) is 4.36. The molecule has 2 heterocycles. The van der Waals surface area contributed by atoms with E-state index in [4.69, 9.17) is 5.73 Å². The SMILES string of the molecule is CC.CC(C)n1cnc2cc3c(N)ncnc3cc21. The van der Waals surface area contributed by atoms with Gasteiger partial charge < -0.3 is 10.3 Å². The summed E-state index contributed by atoms with van der Waals surface area (Å²) in [5.41, 5.74) is 8.68. The Labute approximate surface area is 112 Å². The van der Waals surface area contributed by atoms with Gasteiger partial charge in [-0.15, -0.1) is 0 Å². The van der Waals surface area contributed by atoms with Gasteiger partial charge in [0.25, 0.3) is 0 Å². The molecule has 0 atom stereocenters. The summed E-state index contributed by atoms with van der Waals surface area (Å²) in [6.45, 7) is 8.25. The third-order valence-electron chi connectivity index (χ3n) is 2.92. The van der Waals surface area contributed by atoms with Crippen LogP contribution >= 0.6 is 0 Å². The fraction of sp³-hybridized carbons (Fsp3) is 0.357. The third kappa shape index (κ3) is 2.23. The van der Waals surface area contributed by atoms with E-state index in [0.717, 1.165) is 21.9 Å². The number of rotatable bonds is 1. The molecule has 0 radical (unpaired) electrons. The summed E-state index contributed by atoms with van der Waals surface area (Å²) < 4.78 is 2.12. The molecule has 0 amide bonds. The molecular formula is C14H19N5. The summed E-state index contributed by atoms with van der Waals surface area (Å²) in [4.78, 5) is 12.6. The third-order valence-corrected chi connectivity index (χ3v) is 2.92. The molecule has 19 heavy (non-hydrogen) atoms. The summed E-state index contributed by atoms with van der Waals surface area (Å²) in [5, 5.41) is 0.856. The van der Waals surface area contributed by atoms with Gasteiger partial charge in [0.1, 0.15) is 12.1 Å². The zero-order chi connectivity index (χ0) is 14.0. The smallest absolute Gasteiger partial charge is 0.134 e. The Morgan fingerprint density at radius 2 is 1.79 bits per heavy atom. The molecule has 0 aliphatic heterocycles. The Bertz CT molecular complexity index is 699. The maximum atomic E-state index is 5.83. The molecular weight excluding hydrogens is 238 g/mol. The first-order valence-corrected chi connectivity index (χ1v) is 6.53. The monoisotopic (exact) mass is 257 g/mol. The summed E-state index contributed by atoms with van der Waals surface area (Å²) >= 11 is 0. The zero-order valence-corrected chi connectivity index (χ0v) is 11.8. The summed E-state index contributed by atoms with van der Waals surface area (Å²) in [6, 6.07) is 4.32. The second kappa shape index (κ2) is 5.22. The maximum absolute atomic E-state index is 5.83. The average Bonchev–Trinajstić information content (AvgIpc) is 2.82. The highest BCUT2D eigenvalue weighted by Gasteiger charge is 2.09. The lowest BCUT2D eigenvalue weighted by Crippen LogP contribution is -1.98. The molecule has 0 aliphatic rings. The molecule has 2 aromatic heterocycles. The van der Waals surface area contributed by atoms with Gasteiger partial charge in [-0.2, -0.15) is 0 Å². The first kappa shape index (κ1) is 13.3. The second-order valence-corrected chi connectivity index (χ2v) is 4.36. The zero-order valence-electron chi connectivity index (χ0n) is 11.8. The first-order chi connectivity index (χ1) is 9.16. The van der Waals surface area contributed by atoms with Crippen molar-refractivity contribution >= 4 is 27.8 Å². The van der Waals surface area contributed by atoms with E-state index >= 15 is 0 Å². The van der Waals surface area contributed by atoms with Crippen LogP contribution in [0.1, 0.15) is 33.7 Å². The number of hydrogen-bond acceptors (Lipinski definition) is 4. The normalized spacial score (nSPS) is 10.8. The van der Waals surface area contributed by atoms with Crippen LogP contribution < -0.4 is 5.73 Å². The largest absolute Gasteiger partial charge is 0.383 e. The first-order valence-electron chi connectivity index (χ1n) is 6.53. The van der Waals surface area contributed by atoms with Crippen molar-refractivity contribution in [2.45, 2.75) is 33.7 Å². The summed E-state index contributed by atoms with van der Waals surface area (Å²) in [5.74, 6) is 0.496. The minimum atomic E-state index is 0.372. The number of nitrogens with two attached hydrogens (primary N) is 1. The molecule has 5 heteroatoms. The Hall–Kier alpha value is -2.17. The van der Waals surface area contributed by atoms with Gasteiger partial charge in [-0.25, -0.2) is 15.0 Å². The molecule has 0 spiro atoms. The molecule has 0 fully saturated rings. The van der Waals surface area contributed by atoms with Crippen molar-refractivity contribution in [2.75, 3.05) is 5.73 Å². The molecule has 3 rings (SSSR count). The van der Waals surface area contributed by atoms with Crippen molar-refractivity contribution in [2.24, 2.45) is 0 Å². The minimum absolute atomic E-state index is 0.372. The molecule has 5 nitrogen and oxygen atoms in total. The van der Waals surface area contributed by atoms with Crippen LogP contribution in [0.5, 0.6) is 0 Å². The fourth-order valence-electron chi connectivity index (χ4n) is 2.01. The number of anilines is 1. The molecule has 1 aromatic carbocycles. The van der Waals surface area contributed by atoms with E-state index in [9.17, 15) is 0 Å². The van der Waals surface area contributed by atoms with Crippen LogP contribution in [0.15, 0.2) is 24.8 Å². The van der Waals surface area contributed by atoms with Crippen molar-refractivity contribution in [1.29, 1.82) is 0 Å². The van der Waals surface area contributed by atoms with Crippen molar-refractivity contribution in [1.82, 2.24) is 19.5 Å². The number of nitrogen functional groups attached to an aromatic ring is 1. The van der Waals surface area contributed by atoms with E-state index in [1.54, 1.807) is 0 Å². The number of imidazole rings is 1. The molecule has 0 aliphatic carbocycles. The predicted molar refractivity (Wildman–Crippen MR) is 79.0 cm³/mol. The average molecular weight is 257 g/mol. The van der Waals surface area contributed by atoms with Crippen LogP contribution in [0.2, 0.25) is 0 Å². The van der Waals surface area contributed by atoms with Crippen LogP contribution in [-0.4, -0.2) is 19.5 Å². The van der Waals surface area contributed by atoms with Crippen LogP contribution in [0.4, 0.5) is 5.82 Å². The fourth-order valence-corrected chi connectivity index (χ4v) is 2.01. The van der Waals surface area contributed by atoms with Gasteiger partial charge in [0.15, 0.2) is 0 Å². The molecule has 0 saturated heterocycles. The molecule has 0 saturated carbocycles. The van der Waals surface area contributed by atoms with Crippen molar-refractivity contribution in [3.05, 3.63) is 24.8 Å². The molecule has 0 unspecified atom stereocenters. The number of aromatic nitrogens is 4. The van der Waals surface area contributed by atoms with Gasteiger partial charge in [-0.3, -0.25) is 0 Å². The van der Waals surface area contributed by atoms with E-state index < -0.39 is 0 Å². The molecule has 0 bridgehead atoms. The van der Waals surface area contributed by atoms with Crippen LogP contribution in [0.25, 0.3) is 21.9 Å². The Kier molecular flexibility index (Phi) is 3.64. The summed E-state index contributed by atoms with van der Waals surface area (Å²) in [7, 11) is 0. The number of fused-ring (bicyclic) bond motifs is 2. The Morgan fingerprint density at radius 1 is 1.05 bits per heavy atom. The lowest BCUT2D eigenvalue weighted by atomic mass is 10.2. The van der Waals surface area contributed by atoms with Gasteiger partial charge in [0.2, 0.25) is 0 Å². The highest BCUT2D eigenvalue weighted by molar-refractivity contribution is 5.97. The number of nitrogens with zero attached hydrogens (tertiary/aromatic N) is 4. The van der Waals surface area contributed by atoms with E-state index in [2.05, 4.69) is 33.4 Å². The van der Waals surface area contributed by atoms with Crippen LogP contribution in [0.3, 0.4) is 0 Å². The van der Waals surface area contributed by atoms with E-state index in [1.165, 1.54) is 6.33 Å². The van der Waals surface area contributed by atoms with Gasteiger partial charge in [-0.1, -0.05) is 13.8 Å². The van der Waals surface area contributed by atoms with E-state index in [-0.39, 0.29) is 0 Å². The standard InChI is InChI=1S/C12H13N5.C2H6/c1-7(2)17-6-16-10-3-8-9(4-11(10)17)14-5-15-12(8)13;1-2/h3-7H,1-2H3,(H2,13,14,15);1-2H3. The van der Waals surface area contributed by atoms with Crippen molar-refractivity contribution in [3.63, 3.8) is 0 Å². The lowest BCUT2D eigenvalue weighted by Gasteiger charge is -2.08. The van der Waals surface area contributed by atoms with Crippen LogP contribution in [-0.2, 0) is 0 Å². The Morgan fingerprint density at radius 3 is 2.47 bits per heavy atom. The molecule has 3 aromatic rings. The number of benzene rings is 1. The van der Waals surface area contributed by atoms with Crippen molar-refractivity contribution in [3.8, 4) is 0 Å². The molecule has 2 N–H and O–H groups in total. The quantitative estimate of drug-likeness (QED) is 0.727. The predicted octanol–water partition coefficient (Wildman–Crippen LogP) is 3.17. The van der Waals surface area contributed by atoms with Gasteiger partial charge in [0, 0.05) is 11.4 Å². The van der Waals surface area contributed by atoms with E-state index in [0.29, 0.717) is 11.9 Å². The van der Waals surface area contributed by atoms with Crippen molar-refractivity contribution < 1.29 is 0 Å². The highest BCUT2D eigenvalue weighted by atomic mass is 15.1. The minimum Gasteiger partial charge on any atom is -0.383 e. The number of hydrogen-bond donors (Lipinski definition) is 1. The summed E-state index contributed by atoms with van der Waals surface area (Å²) in [6.07, 6.45) is 3.33.